The van der Waals surface area contributed by atoms with Gasteiger partial charge >= 0.3 is 6.18 Å². The number of aromatic nitrogens is 4. The zero-order chi connectivity index (χ0) is 16.9. The Morgan fingerprint density at radius 3 is 2.75 bits per heavy atom. The van der Waals surface area contributed by atoms with Crippen molar-refractivity contribution < 1.29 is 13.2 Å². The molecule has 1 aliphatic rings. The first-order valence-electron chi connectivity index (χ1n) is 7.81. The molecule has 0 bridgehead atoms. The maximum atomic E-state index is 12.5. The van der Waals surface area contributed by atoms with Crippen LogP contribution in [0.1, 0.15) is 18.9 Å². The monoisotopic (exact) mass is 338 g/mol. The van der Waals surface area contributed by atoms with Crippen molar-refractivity contribution >= 4 is 28.0 Å². The molecule has 6 nitrogen and oxygen atoms in total. The van der Waals surface area contributed by atoms with E-state index in [4.69, 9.17) is 5.73 Å². The van der Waals surface area contributed by atoms with Gasteiger partial charge in [0.2, 0.25) is 5.95 Å². The molecule has 4 rings (SSSR count). The molecule has 0 amide bonds. The van der Waals surface area contributed by atoms with Gasteiger partial charge < -0.3 is 15.3 Å². The van der Waals surface area contributed by atoms with Crippen LogP contribution in [-0.2, 0) is 0 Å². The van der Waals surface area contributed by atoms with Crippen molar-refractivity contribution in [2.75, 3.05) is 25.4 Å². The van der Waals surface area contributed by atoms with Crippen molar-refractivity contribution in [3.05, 3.63) is 18.5 Å². The first kappa shape index (κ1) is 15.3. The van der Waals surface area contributed by atoms with E-state index in [1.54, 1.807) is 12.4 Å². The lowest BCUT2D eigenvalue weighted by atomic mass is 10.0. The highest BCUT2D eigenvalue weighted by Gasteiger charge is 2.33. The number of rotatable bonds is 2. The number of hydrogen-bond acceptors (Lipinski definition) is 4. The fraction of sp³-hybridized carbons (Fsp3) is 0.467. The molecule has 3 aromatic heterocycles. The third-order valence-electron chi connectivity index (χ3n) is 4.59. The number of nitrogen functional groups attached to an aromatic ring is 1. The van der Waals surface area contributed by atoms with Gasteiger partial charge in [0.1, 0.15) is 11.2 Å². The molecule has 1 saturated heterocycles. The van der Waals surface area contributed by atoms with Crippen LogP contribution in [0.4, 0.5) is 19.1 Å². The van der Waals surface area contributed by atoms with Crippen molar-refractivity contribution in [2.45, 2.75) is 25.1 Å². The normalized spacial score (nSPS) is 18.0. The van der Waals surface area contributed by atoms with Gasteiger partial charge in [-0.25, -0.2) is 9.97 Å². The molecule has 0 atom stereocenters. The number of alkyl halides is 3. The molecule has 3 N–H and O–H groups in total. The van der Waals surface area contributed by atoms with E-state index in [1.807, 2.05) is 10.6 Å². The summed E-state index contributed by atoms with van der Waals surface area (Å²) in [6, 6.07) is 1.96. The van der Waals surface area contributed by atoms with Crippen LogP contribution < -0.4 is 5.73 Å². The second-order valence-electron chi connectivity index (χ2n) is 6.19. The van der Waals surface area contributed by atoms with E-state index >= 15 is 0 Å². The van der Waals surface area contributed by atoms with Crippen LogP contribution in [-0.4, -0.2) is 50.2 Å². The number of nitrogens with one attached hydrogen (secondary N) is 1. The average molecular weight is 338 g/mol. The quantitative estimate of drug-likeness (QED) is 0.753. The molecule has 0 saturated carbocycles. The first-order valence-corrected chi connectivity index (χ1v) is 7.81. The van der Waals surface area contributed by atoms with E-state index in [9.17, 15) is 13.2 Å². The number of nitrogens with zero attached hydrogens (tertiary/aromatic N) is 4. The van der Waals surface area contributed by atoms with Crippen LogP contribution in [0, 0.1) is 0 Å². The molecular weight excluding hydrogens is 321 g/mol. The van der Waals surface area contributed by atoms with Gasteiger partial charge in [0.25, 0.3) is 0 Å². The number of fused-ring (bicyclic) bond motifs is 3. The Hall–Kier alpha value is -2.29. The van der Waals surface area contributed by atoms with Crippen LogP contribution in [0.5, 0.6) is 0 Å². The van der Waals surface area contributed by atoms with Crippen molar-refractivity contribution in [1.29, 1.82) is 0 Å². The molecule has 0 radical (unpaired) electrons. The predicted molar refractivity (Wildman–Crippen MR) is 84.6 cm³/mol. The number of pyridine rings is 1. The molecule has 9 heteroatoms. The lowest BCUT2D eigenvalue weighted by molar-refractivity contribution is -0.148. The lowest BCUT2D eigenvalue weighted by Crippen LogP contribution is -2.40. The Labute approximate surface area is 135 Å². The van der Waals surface area contributed by atoms with E-state index < -0.39 is 12.7 Å². The minimum absolute atomic E-state index is 0.0417. The number of nitrogens with two attached hydrogens (primary N) is 1. The summed E-state index contributed by atoms with van der Waals surface area (Å²) in [7, 11) is 0. The second kappa shape index (κ2) is 5.37. The van der Waals surface area contributed by atoms with E-state index in [-0.39, 0.29) is 6.04 Å². The zero-order valence-electron chi connectivity index (χ0n) is 12.8. The van der Waals surface area contributed by atoms with Crippen LogP contribution >= 0.6 is 0 Å². The van der Waals surface area contributed by atoms with Crippen LogP contribution in [0.2, 0.25) is 0 Å². The van der Waals surface area contributed by atoms with Crippen molar-refractivity contribution in [3.8, 4) is 0 Å². The second-order valence-corrected chi connectivity index (χ2v) is 6.19. The molecule has 0 spiro atoms. The highest BCUT2D eigenvalue weighted by molar-refractivity contribution is 6.02. The summed E-state index contributed by atoms with van der Waals surface area (Å²) in [6.45, 7) is -0.0683. The Morgan fingerprint density at radius 2 is 2.04 bits per heavy atom. The molecular formula is C15H17F3N6. The number of imidazole rings is 1. The smallest absolute Gasteiger partial charge is 0.369 e. The Morgan fingerprint density at radius 1 is 1.29 bits per heavy atom. The number of aromatic amines is 1. The predicted octanol–water partition coefficient (Wildman–Crippen LogP) is 2.69. The fourth-order valence-corrected chi connectivity index (χ4v) is 3.57. The number of likely N-dealkylation sites (tertiary alicyclic amines) is 1. The standard InChI is InChI=1S/C15H17F3N6/c16-15(17,18)8-23-5-2-9(3-6-23)24-12-10-1-4-20-13(10)21-7-11(12)22-14(24)19/h1,4,7,9H,2-3,5-6,8H2,(H2,19,22)(H,20,21). The maximum Gasteiger partial charge on any atom is 0.401 e. The number of piperidine rings is 1. The summed E-state index contributed by atoms with van der Waals surface area (Å²) in [5.41, 5.74) is 8.45. The number of H-pyrrole nitrogens is 1. The molecule has 0 aromatic carbocycles. The van der Waals surface area contributed by atoms with Gasteiger partial charge in [-0.1, -0.05) is 0 Å². The van der Waals surface area contributed by atoms with Crippen molar-refractivity contribution in [1.82, 2.24) is 24.4 Å². The molecule has 0 aliphatic carbocycles. The summed E-state index contributed by atoms with van der Waals surface area (Å²) in [5, 5.41) is 0.925. The summed E-state index contributed by atoms with van der Waals surface area (Å²) in [6.07, 6.45) is 0.535. The van der Waals surface area contributed by atoms with Crippen molar-refractivity contribution in [3.63, 3.8) is 0 Å². The van der Waals surface area contributed by atoms with Crippen LogP contribution in [0.15, 0.2) is 18.5 Å². The number of anilines is 1. The van der Waals surface area contributed by atoms with Gasteiger partial charge in [-0.3, -0.25) is 4.90 Å². The maximum absolute atomic E-state index is 12.5. The fourth-order valence-electron chi connectivity index (χ4n) is 3.57. The Balaban J connectivity index is 1.65. The molecule has 1 fully saturated rings. The molecule has 4 heterocycles. The summed E-state index contributed by atoms with van der Waals surface area (Å²) >= 11 is 0. The minimum Gasteiger partial charge on any atom is -0.369 e. The van der Waals surface area contributed by atoms with Gasteiger partial charge in [-0.15, -0.1) is 0 Å². The molecule has 3 aromatic rings. The largest absolute Gasteiger partial charge is 0.401 e. The van der Waals surface area contributed by atoms with E-state index in [1.165, 1.54) is 4.90 Å². The highest BCUT2D eigenvalue weighted by Crippen LogP contribution is 2.33. The van der Waals surface area contributed by atoms with Crippen LogP contribution in [0.25, 0.3) is 22.1 Å². The molecule has 0 unspecified atom stereocenters. The first-order chi connectivity index (χ1) is 11.4. The highest BCUT2D eigenvalue weighted by atomic mass is 19.4. The Bertz CT molecular complexity index is 872. The molecule has 128 valence electrons. The molecule has 1 aliphatic heterocycles. The number of hydrogen-bond donors (Lipinski definition) is 2. The third-order valence-corrected chi connectivity index (χ3v) is 4.59. The summed E-state index contributed by atoms with van der Waals surface area (Å²) in [5.74, 6) is 0.384. The average Bonchev–Trinajstić information content (AvgIpc) is 3.09. The minimum atomic E-state index is -4.16. The molecule has 24 heavy (non-hydrogen) atoms. The number of halogens is 3. The van der Waals surface area contributed by atoms with Gasteiger partial charge in [0.05, 0.1) is 18.3 Å². The topological polar surface area (TPSA) is 75.8 Å². The van der Waals surface area contributed by atoms with Gasteiger partial charge in [0.15, 0.2) is 0 Å². The van der Waals surface area contributed by atoms with E-state index in [0.29, 0.717) is 37.4 Å². The van der Waals surface area contributed by atoms with Crippen LogP contribution in [0.3, 0.4) is 0 Å². The summed E-state index contributed by atoms with van der Waals surface area (Å²) in [4.78, 5) is 13.2. The van der Waals surface area contributed by atoms with Gasteiger partial charge in [-0.2, -0.15) is 13.2 Å². The van der Waals surface area contributed by atoms with Gasteiger partial charge in [0, 0.05) is 30.7 Å². The summed E-state index contributed by atoms with van der Waals surface area (Å²) < 4.78 is 39.6. The SMILES string of the molecule is Nc1nc2cnc3[nH]ccc3c2n1C1CCN(CC(F)(F)F)CC1. The van der Waals surface area contributed by atoms with E-state index in [2.05, 4.69) is 15.0 Å². The third kappa shape index (κ3) is 2.58. The Kier molecular flexibility index (Phi) is 3.41. The van der Waals surface area contributed by atoms with Gasteiger partial charge in [-0.05, 0) is 18.9 Å². The zero-order valence-corrected chi connectivity index (χ0v) is 12.8. The van der Waals surface area contributed by atoms with E-state index in [0.717, 1.165) is 16.6 Å². The van der Waals surface area contributed by atoms with Crippen molar-refractivity contribution in [2.24, 2.45) is 0 Å². The lowest BCUT2D eigenvalue weighted by Gasteiger charge is -2.33.